The van der Waals surface area contributed by atoms with E-state index in [2.05, 4.69) is 39.5 Å². The largest absolute Gasteiger partial charge is 0.329 e. The lowest BCUT2D eigenvalue weighted by Gasteiger charge is -2.41. The summed E-state index contributed by atoms with van der Waals surface area (Å²) in [4.78, 5) is 2.56. The molecule has 0 fully saturated rings. The van der Waals surface area contributed by atoms with Gasteiger partial charge in [0, 0.05) is 18.6 Å². The normalized spacial score (nSPS) is 15.8. The fraction of sp³-hybridized carbons (Fsp3) is 1.00. The van der Waals surface area contributed by atoms with Gasteiger partial charge in [0.2, 0.25) is 0 Å². The van der Waals surface area contributed by atoms with Gasteiger partial charge in [0.1, 0.15) is 0 Å². The van der Waals surface area contributed by atoms with Crippen LogP contribution < -0.4 is 5.73 Å². The van der Waals surface area contributed by atoms with Crippen molar-refractivity contribution in [2.75, 3.05) is 19.6 Å². The molecule has 16 heavy (non-hydrogen) atoms. The summed E-state index contributed by atoms with van der Waals surface area (Å²) in [6.45, 7) is 14.4. The first-order chi connectivity index (χ1) is 7.50. The van der Waals surface area contributed by atoms with E-state index in [4.69, 9.17) is 5.73 Å². The third kappa shape index (κ3) is 5.31. The molecule has 0 spiro atoms. The van der Waals surface area contributed by atoms with Crippen LogP contribution in [0.5, 0.6) is 0 Å². The van der Waals surface area contributed by atoms with Crippen molar-refractivity contribution < 1.29 is 0 Å². The van der Waals surface area contributed by atoms with Crippen LogP contribution in [0.4, 0.5) is 0 Å². The van der Waals surface area contributed by atoms with Crippen LogP contribution >= 0.6 is 0 Å². The molecule has 2 heteroatoms. The number of hydrogen-bond acceptors (Lipinski definition) is 2. The molecule has 0 aliphatic rings. The smallest absolute Gasteiger partial charge is 0.0303 e. The minimum Gasteiger partial charge on any atom is -0.329 e. The van der Waals surface area contributed by atoms with E-state index in [1.807, 2.05) is 0 Å². The average molecular weight is 228 g/mol. The molecule has 2 nitrogen and oxygen atoms in total. The monoisotopic (exact) mass is 228 g/mol. The quantitative estimate of drug-likeness (QED) is 0.614. The summed E-state index contributed by atoms with van der Waals surface area (Å²) < 4.78 is 0. The molecule has 1 atom stereocenters. The van der Waals surface area contributed by atoms with Crippen molar-refractivity contribution >= 4 is 0 Å². The Labute approximate surface area is 103 Å². The molecule has 0 saturated carbocycles. The highest BCUT2D eigenvalue weighted by molar-refractivity contribution is 4.87. The topological polar surface area (TPSA) is 29.3 Å². The third-order valence-electron chi connectivity index (χ3n) is 3.49. The Morgan fingerprint density at radius 2 is 1.81 bits per heavy atom. The zero-order valence-electron chi connectivity index (χ0n) is 12.1. The number of unbranched alkanes of at least 4 members (excludes halogenated alkanes) is 2. The van der Waals surface area contributed by atoms with Crippen molar-refractivity contribution in [3.8, 4) is 0 Å². The molecule has 0 amide bonds. The third-order valence-corrected chi connectivity index (χ3v) is 3.49. The van der Waals surface area contributed by atoms with Crippen molar-refractivity contribution in [3.05, 3.63) is 0 Å². The molecule has 0 bridgehead atoms. The van der Waals surface area contributed by atoms with E-state index in [0.29, 0.717) is 0 Å². The number of likely N-dealkylation sites (N-methyl/N-ethyl adjacent to an activating group) is 1. The number of nitrogens with two attached hydrogens (primary N) is 1. The zero-order valence-corrected chi connectivity index (χ0v) is 12.1. The Morgan fingerprint density at radius 3 is 2.19 bits per heavy atom. The van der Waals surface area contributed by atoms with Crippen LogP contribution in [-0.4, -0.2) is 30.1 Å². The van der Waals surface area contributed by atoms with Crippen LogP contribution in [0.15, 0.2) is 0 Å². The molecule has 2 N–H and O–H groups in total. The SMILES string of the molecule is CCCCCC(C)(CN)N(CC)CC(C)C. The van der Waals surface area contributed by atoms with Crippen LogP contribution in [0.2, 0.25) is 0 Å². The Bertz CT molecular complexity index is 168. The van der Waals surface area contributed by atoms with Crippen molar-refractivity contribution in [1.29, 1.82) is 0 Å². The summed E-state index contributed by atoms with van der Waals surface area (Å²) in [5.74, 6) is 0.719. The molecule has 1 unspecified atom stereocenters. The van der Waals surface area contributed by atoms with E-state index in [-0.39, 0.29) is 5.54 Å². The maximum atomic E-state index is 6.00. The summed E-state index contributed by atoms with van der Waals surface area (Å²) in [5, 5.41) is 0. The second kappa shape index (κ2) is 8.08. The highest BCUT2D eigenvalue weighted by atomic mass is 15.2. The standard InChI is InChI=1S/C14H32N2/c1-6-8-9-10-14(5,12-15)16(7-2)11-13(3)4/h13H,6-12,15H2,1-5H3. The van der Waals surface area contributed by atoms with Gasteiger partial charge < -0.3 is 5.73 Å². The zero-order chi connectivity index (χ0) is 12.6. The van der Waals surface area contributed by atoms with Crippen LogP contribution in [0.25, 0.3) is 0 Å². The van der Waals surface area contributed by atoms with Gasteiger partial charge in [0.25, 0.3) is 0 Å². The van der Waals surface area contributed by atoms with Crippen LogP contribution in [0.3, 0.4) is 0 Å². The lowest BCUT2D eigenvalue weighted by molar-refractivity contribution is 0.0912. The first-order valence-electron chi connectivity index (χ1n) is 6.95. The number of nitrogens with zero attached hydrogens (tertiary/aromatic N) is 1. The molecule has 0 rings (SSSR count). The highest BCUT2D eigenvalue weighted by Crippen LogP contribution is 2.22. The van der Waals surface area contributed by atoms with Gasteiger partial charge in [-0.1, -0.05) is 47.0 Å². The maximum absolute atomic E-state index is 6.00. The molecule has 0 heterocycles. The van der Waals surface area contributed by atoms with Crippen molar-refractivity contribution in [3.63, 3.8) is 0 Å². The van der Waals surface area contributed by atoms with Gasteiger partial charge in [-0.05, 0) is 25.8 Å². The summed E-state index contributed by atoms with van der Waals surface area (Å²) in [7, 11) is 0. The fourth-order valence-corrected chi connectivity index (χ4v) is 2.32. The van der Waals surface area contributed by atoms with Gasteiger partial charge in [-0.3, -0.25) is 4.90 Å². The van der Waals surface area contributed by atoms with Gasteiger partial charge in [-0.2, -0.15) is 0 Å². The first kappa shape index (κ1) is 15.9. The minimum absolute atomic E-state index is 0.203. The van der Waals surface area contributed by atoms with E-state index in [1.165, 1.54) is 25.7 Å². The van der Waals surface area contributed by atoms with Crippen LogP contribution in [0.1, 0.15) is 60.3 Å². The molecule has 0 aliphatic heterocycles. The molecular formula is C14H32N2. The number of rotatable bonds is 9. The summed E-state index contributed by atoms with van der Waals surface area (Å²) in [6, 6.07) is 0. The Hall–Kier alpha value is -0.0800. The van der Waals surface area contributed by atoms with Crippen molar-refractivity contribution in [2.45, 2.75) is 65.8 Å². The molecular weight excluding hydrogens is 196 g/mol. The molecule has 0 aromatic carbocycles. The molecule has 0 radical (unpaired) electrons. The van der Waals surface area contributed by atoms with Crippen LogP contribution in [0, 0.1) is 5.92 Å². The van der Waals surface area contributed by atoms with Crippen LogP contribution in [-0.2, 0) is 0 Å². The summed E-state index contributed by atoms with van der Waals surface area (Å²) >= 11 is 0. The summed E-state index contributed by atoms with van der Waals surface area (Å²) in [6.07, 6.45) is 5.16. The van der Waals surface area contributed by atoms with Gasteiger partial charge in [-0.15, -0.1) is 0 Å². The lowest BCUT2D eigenvalue weighted by Crippen LogP contribution is -2.52. The first-order valence-corrected chi connectivity index (χ1v) is 6.95. The maximum Gasteiger partial charge on any atom is 0.0303 e. The van der Waals surface area contributed by atoms with Gasteiger partial charge in [0.05, 0.1) is 0 Å². The summed E-state index contributed by atoms with van der Waals surface area (Å²) in [5.41, 5.74) is 6.20. The molecule has 0 aliphatic carbocycles. The average Bonchev–Trinajstić information content (AvgIpc) is 2.25. The second-order valence-corrected chi connectivity index (χ2v) is 5.59. The van der Waals surface area contributed by atoms with E-state index in [1.54, 1.807) is 0 Å². The molecule has 0 aromatic heterocycles. The Morgan fingerprint density at radius 1 is 1.19 bits per heavy atom. The van der Waals surface area contributed by atoms with Gasteiger partial charge in [-0.25, -0.2) is 0 Å². The molecule has 0 saturated heterocycles. The second-order valence-electron chi connectivity index (χ2n) is 5.59. The van der Waals surface area contributed by atoms with Crippen molar-refractivity contribution in [1.82, 2.24) is 4.90 Å². The Kier molecular flexibility index (Phi) is 8.04. The fourth-order valence-electron chi connectivity index (χ4n) is 2.32. The van der Waals surface area contributed by atoms with Crippen molar-refractivity contribution in [2.24, 2.45) is 11.7 Å². The van der Waals surface area contributed by atoms with Gasteiger partial charge >= 0.3 is 0 Å². The molecule has 98 valence electrons. The van der Waals surface area contributed by atoms with E-state index in [9.17, 15) is 0 Å². The van der Waals surface area contributed by atoms with E-state index < -0.39 is 0 Å². The lowest BCUT2D eigenvalue weighted by atomic mass is 9.91. The highest BCUT2D eigenvalue weighted by Gasteiger charge is 2.28. The van der Waals surface area contributed by atoms with Gasteiger partial charge in [0.15, 0.2) is 0 Å². The van der Waals surface area contributed by atoms with E-state index >= 15 is 0 Å². The minimum atomic E-state index is 0.203. The predicted octanol–water partition coefficient (Wildman–Crippen LogP) is 3.26. The predicted molar refractivity (Wildman–Crippen MR) is 73.7 cm³/mol. The van der Waals surface area contributed by atoms with E-state index in [0.717, 1.165) is 25.6 Å². The molecule has 0 aromatic rings. The Balaban J connectivity index is 4.36. The number of hydrogen-bond donors (Lipinski definition) is 1.